The van der Waals surface area contributed by atoms with Crippen LogP contribution >= 0.6 is 0 Å². The van der Waals surface area contributed by atoms with Gasteiger partial charge in [0.25, 0.3) is 5.91 Å². The van der Waals surface area contributed by atoms with Gasteiger partial charge in [-0.3, -0.25) is 4.79 Å². The molecule has 1 aromatic carbocycles. The van der Waals surface area contributed by atoms with Crippen LogP contribution in [0.1, 0.15) is 31.1 Å². The molecule has 18 heavy (non-hydrogen) atoms. The van der Waals surface area contributed by atoms with E-state index >= 15 is 0 Å². The van der Waals surface area contributed by atoms with Crippen LogP contribution in [0.3, 0.4) is 0 Å². The van der Waals surface area contributed by atoms with Gasteiger partial charge in [0.1, 0.15) is 0 Å². The van der Waals surface area contributed by atoms with Gasteiger partial charge in [-0.05, 0) is 45.0 Å². The Hall–Kier alpha value is -2.17. The molecular formula is C13H14N2O3. The van der Waals surface area contributed by atoms with Crippen molar-refractivity contribution in [2.45, 2.75) is 20.8 Å². The fraction of sp³-hybridized carbons (Fsp3) is 0.308. The number of carbonyl (C=O) groups is 2. The van der Waals surface area contributed by atoms with Gasteiger partial charge >= 0.3 is 5.97 Å². The van der Waals surface area contributed by atoms with Gasteiger partial charge in [-0.25, -0.2) is 9.80 Å². The molecule has 0 saturated carbocycles. The van der Waals surface area contributed by atoms with Crippen molar-refractivity contribution in [3.05, 3.63) is 29.8 Å². The summed E-state index contributed by atoms with van der Waals surface area (Å²) in [5, 5.41) is 14.4. The number of carbonyl (C=O) groups excluding carboxylic acids is 1. The fourth-order valence-electron chi connectivity index (χ4n) is 1.66. The molecule has 1 aromatic rings. The fourth-order valence-corrected chi connectivity index (χ4v) is 1.66. The molecule has 0 unspecified atom stereocenters. The van der Waals surface area contributed by atoms with Crippen LogP contribution in [-0.4, -0.2) is 22.7 Å². The molecule has 94 valence electrons. The summed E-state index contributed by atoms with van der Waals surface area (Å²) in [6, 6.07) is 6.08. The van der Waals surface area contributed by atoms with E-state index in [2.05, 4.69) is 5.10 Å². The highest BCUT2D eigenvalue weighted by molar-refractivity contribution is 6.17. The van der Waals surface area contributed by atoms with Crippen molar-refractivity contribution in [2.24, 2.45) is 10.5 Å². The first-order valence-electron chi connectivity index (χ1n) is 5.57. The number of hydrazone groups is 1. The van der Waals surface area contributed by atoms with Gasteiger partial charge in [0.15, 0.2) is 0 Å². The summed E-state index contributed by atoms with van der Waals surface area (Å²) < 4.78 is 0. The molecule has 1 aliphatic rings. The number of carboxylic acid groups (broad SMARTS) is 1. The van der Waals surface area contributed by atoms with E-state index in [4.69, 9.17) is 5.11 Å². The number of hydrogen-bond donors (Lipinski definition) is 1. The second-order valence-corrected chi connectivity index (χ2v) is 4.78. The summed E-state index contributed by atoms with van der Waals surface area (Å²) in [6.07, 6.45) is 0. The van der Waals surface area contributed by atoms with Crippen LogP contribution in [0.15, 0.2) is 29.4 Å². The minimum Gasteiger partial charge on any atom is -0.478 e. The predicted octanol–water partition coefficient (Wildman–Crippen LogP) is 2.13. The largest absolute Gasteiger partial charge is 0.478 e. The molecule has 1 heterocycles. The van der Waals surface area contributed by atoms with E-state index in [9.17, 15) is 9.59 Å². The van der Waals surface area contributed by atoms with Crippen LogP contribution in [0.2, 0.25) is 0 Å². The Morgan fingerprint density at radius 2 is 1.83 bits per heavy atom. The summed E-state index contributed by atoms with van der Waals surface area (Å²) in [5.41, 5.74) is 0.904. The van der Waals surface area contributed by atoms with Gasteiger partial charge in [0, 0.05) is 0 Å². The number of benzene rings is 1. The molecule has 1 N–H and O–H groups in total. The lowest BCUT2D eigenvalue weighted by molar-refractivity contribution is -0.122. The smallest absolute Gasteiger partial charge is 0.335 e. The maximum Gasteiger partial charge on any atom is 0.335 e. The lowest BCUT2D eigenvalue weighted by Crippen LogP contribution is -2.33. The van der Waals surface area contributed by atoms with Gasteiger partial charge in [-0.1, -0.05) is 0 Å². The zero-order valence-electron chi connectivity index (χ0n) is 10.5. The average molecular weight is 246 g/mol. The van der Waals surface area contributed by atoms with Crippen molar-refractivity contribution >= 4 is 23.3 Å². The Morgan fingerprint density at radius 1 is 1.28 bits per heavy atom. The number of anilines is 1. The zero-order valence-corrected chi connectivity index (χ0v) is 10.5. The Labute approximate surface area is 105 Å². The highest BCUT2D eigenvalue weighted by Gasteiger charge is 2.41. The number of nitrogens with zero attached hydrogens (tertiary/aromatic N) is 2. The molecule has 0 saturated heterocycles. The number of rotatable bonds is 2. The van der Waals surface area contributed by atoms with Gasteiger partial charge in [0.05, 0.1) is 22.4 Å². The van der Waals surface area contributed by atoms with Crippen molar-refractivity contribution in [3.8, 4) is 0 Å². The van der Waals surface area contributed by atoms with E-state index < -0.39 is 11.4 Å². The van der Waals surface area contributed by atoms with E-state index in [0.29, 0.717) is 5.69 Å². The number of carboxylic acids is 1. The summed E-state index contributed by atoms with van der Waals surface area (Å²) in [5.74, 6) is -1.10. The Morgan fingerprint density at radius 3 is 2.22 bits per heavy atom. The van der Waals surface area contributed by atoms with Crippen LogP contribution in [0, 0.1) is 5.41 Å². The normalized spacial score (nSPS) is 17.8. The lowest BCUT2D eigenvalue weighted by Gasteiger charge is -2.18. The SMILES string of the molecule is CC1=NN(c2ccc(C(=O)O)cc2)C(=O)C1(C)C. The quantitative estimate of drug-likeness (QED) is 0.869. The first-order valence-corrected chi connectivity index (χ1v) is 5.57. The van der Waals surface area contributed by atoms with E-state index in [1.807, 2.05) is 20.8 Å². The van der Waals surface area contributed by atoms with Crippen molar-refractivity contribution in [1.82, 2.24) is 0 Å². The summed E-state index contributed by atoms with van der Waals surface area (Å²) in [7, 11) is 0. The third-order valence-electron chi connectivity index (χ3n) is 3.24. The number of aromatic carboxylic acids is 1. The van der Waals surface area contributed by atoms with E-state index in [1.54, 1.807) is 12.1 Å². The van der Waals surface area contributed by atoms with Gasteiger partial charge in [-0.15, -0.1) is 0 Å². The molecule has 0 aliphatic carbocycles. The first kappa shape index (κ1) is 12.3. The van der Waals surface area contributed by atoms with Crippen LogP contribution < -0.4 is 5.01 Å². The molecule has 5 heteroatoms. The molecule has 5 nitrogen and oxygen atoms in total. The molecule has 0 radical (unpaired) electrons. The third kappa shape index (κ3) is 1.77. The highest BCUT2D eigenvalue weighted by Crippen LogP contribution is 2.31. The minimum absolute atomic E-state index is 0.108. The Bertz CT molecular complexity index is 544. The predicted molar refractivity (Wildman–Crippen MR) is 67.8 cm³/mol. The van der Waals surface area contributed by atoms with Crippen molar-refractivity contribution < 1.29 is 14.7 Å². The van der Waals surface area contributed by atoms with Crippen LogP contribution in [0.4, 0.5) is 5.69 Å². The van der Waals surface area contributed by atoms with Gasteiger partial charge in [0.2, 0.25) is 0 Å². The van der Waals surface area contributed by atoms with Crippen molar-refractivity contribution in [3.63, 3.8) is 0 Å². The topological polar surface area (TPSA) is 70.0 Å². The Balaban J connectivity index is 2.34. The molecule has 1 amide bonds. The molecule has 1 aliphatic heterocycles. The van der Waals surface area contributed by atoms with E-state index in [0.717, 1.165) is 5.71 Å². The summed E-state index contributed by atoms with van der Waals surface area (Å²) >= 11 is 0. The zero-order chi connectivity index (χ0) is 13.5. The molecule has 0 aromatic heterocycles. The van der Waals surface area contributed by atoms with Crippen molar-refractivity contribution in [2.75, 3.05) is 5.01 Å². The maximum absolute atomic E-state index is 12.2. The first-order chi connectivity index (χ1) is 8.34. The average Bonchev–Trinajstić information content (AvgIpc) is 2.53. The van der Waals surface area contributed by atoms with E-state index in [1.165, 1.54) is 17.1 Å². The molecule has 0 bridgehead atoms. The Kier molecular flexibility index (Phi) is 2.69. The third-order valence-corrected chi connectivity index (χ3v) is 3.24. The number of hydrogen-bond acceptors (Lipinski definition) is 3. The molecule has 0 fully saturated rings. The second-order valence-electron chi connectivity index (χ2n) is 4.78. The van der Waals surface area contributed by atoms with Crippen LogP contribution in [0.25, 0.3) is 0 Å². The van der Waals surface area contributed by atoms with E-state index in [-0.39, 0.29) is 11.5 Å². The van der Waals surface area contributed by atoms with Gasteiger partial charge in [-0.2, -0.15) is 5.10 Å². The molecule has 2 rings (SSSR count). The summed E-state index contributed by atoms with van der Waals surface area (Å²) in [4.78, 5) is 22.9. The standard InChI is InChI=1S/C13H14N2O3/c1-8-13(2,3)12(18)15(14-8)10-6-4-9(5-7-10)11(16)17/h4-7H,1-3H3,(H,16,17). The monoisotopic (exact) mass is 246 g/mol. The molecular weight excluding hydrogens is 232 g/mol. The van der Waals surface area contributed by atoms with Crippen LogP contribution in [0.5, 0.6) is 0 Å². The minimum atomic E-state index is -0.991. The molecule has 0 spiro atoms. The molecule has 0 atom stereocenters. The van der Waals surface area contributed by atoms with Gasteiger partial charge < -0.3 is 5.11 Å². The highest BCUT2D eigenvalue weighted by atomic mass is 16.4. The lowest BCUT2D eigenvalue weighted by atomic mass is 9.88. The van der Waals surface area contributed by atoms with Crippen molar-refractivity contribution in [1.29, 1.82) is 0 Å². The maximum atomic E-state index is 12.2. The van der Waals surface area contributed by atoms with Crippen LogP contribution in [-0.2, 0) is 4.79 Å². The second kappa shape index (κ2) is 3.94. The number of amides is 1. The summed E-state index contributed by atoms with van der Waals surface area (Å²) in [6.45, 7) is 5.45.